The maximum atomic E-state index is 5.43. The number of aromatic nitrogens is 2. The highest BCUT2D eigenvalue weighted by Crippen LogP contribution is 2.29. The Labute approximate surface area is 137 Å². The van der Waals surface area contributed by atoms with Crippen molar-refractivity contribution in [1.82, 2.24) is 9.97 Å². The fourth-order valence-electron chi connectivity index (χ4n) is 2.96. The Morgan fingerprint density at radius 3 is 2.57 bits per heavy atom. The molecule has 1 aliphatic rings. The lowest BCUT2D eigenvalue weighted by Gasteiger charge is -2.28. The summed E-state index contributed by atoms with van der Waals surface area (Å²) in [6, 6.07) is 8.10. The SMILES string of the molecule is COc1ccc(C)cc1Nc1cc(N2CCCCC2)nc(C)n1. The van der Waals surface area contributed by atoms with Crippen LogP contribution in [0.5, 0.6) is 5.75 Å². The van der Waals surface area contributed by atoms with Crippen LogP contribution < -0.4 is 15.0 Å². The van der Waals surface area contributed by atoms with Crippen molar-refractivity contribution in [3.63, 3.8) is 0 Å². The van der Waals surface area contributed by atoms with E-state index in [1.807, 2.05) is 25.1 Å². The third-order valence-corrected chi connectivity index (χ3v) is 4.12. The number of hydrogen-bond acceptors (Lipinski definition) is 5. The summed E-state index contributed by atoms with van der Waals surface area (Å²) in [4.78, 5) is 11.5. The van der Waals surface area contributed by atoms with Crippen molar-refractivity contribution in [1.29, 1.82) is 0 Å². The summed E-state index contributed by atoms with van der Waals surface area (Å²) in [5, 5.41) is 3.38. The van der Waals surface area contributed by atoms with E-state index in [0.29, 0.717) is 0 Å². The molecule has 0 amide bonds. The zero-order chi connectivity index (χ0) is 16.2. The number of ether oxygens (including phenoxy) is 1. The summed E-state index contributed by atoms with van der Waals surface area (Å²) in [5.74, 6) is 3.40. The molecule has 1 aliphatic heterocycles. The summed E-state index contributed by atoms with van der Waals surface area (Å²) < 4.78 is 5.43. The average Bonchev–Trinajstić information content (AvgIpc) is 2.55. The van der Waals surface area contributed by atoms with Crippen molar-refractivity contribution >= 4 is 17.3 Å². The van der Waals surface area contributed by atoms with Gasteiger partial charge in [0.05, 0.1) is 12.8 Å². The van der Waals surface area contributed by atoms with E-state index in [2.05, 4.69) is 33.2 Å². The second-order valence-corrected chi connectivity index (χ2v) is 6.04. The lowest BCUT2D eigenvalue weighted by molar-refractivity contribution is 0.416. The van der Waals surface area contributed by atoms with Gasteiger partial charge in [0.2, 0.25) is 0 Å². The van der Waals surface area contributed by atoms with Gasteiger partial charge in [-0.25, -0.2) is 9.97 Å². The van der Waals surface area contributed by atoms with E-state index in [4.69, 9.17) is 4.74 Å². The van der Waals surface area contributed by atoms with Crippen LogP contribution in [0, 0.1) is 13.8 Å². The smallest absolute Gasteiger partial charge is 0.142 e. The van der Waals surface area contributed by atoms with Crippen molar-refractivity contribution in [3.8, 4) is 5.75 Å². The van der Waals surface area contributed by atoms with E-state index in [1.54, 1.807) is 7.11 Å². The maximum absolute atomic E-state index is 5.43. The Bertz CT molecular complexity index is 681. The minimum Gasteiger partial charge on any atom is -0.495 e. The van der Waals surface area contributed by atoms with Crippen molar-refractivity contribution in [2.75, 3.05) is 30.4 Å². The zero-order valence-corrected chi connectivity index (χ0v) is 14.1. The number of benzene rings is 1. The van der Waals surface area contributed by atoms with Crippen molar-refractivity contribution < 1.29 is 4.74 Å². The largest absolute Gasteiger partial charge is 0.495 e. The Morgan fingerprint density at radius 2 is 1.83 bits per heavy atom. The van der Waals surface area contributed by atoms with E-state index >= 15 is 0 Å². The number of methoxy groups -OCH3 is 1. The molecule has 5 nitrogen and oxygen atoms in total. The van der Waals surface area contributed by atoms with Crippen LogP contribution in [0.15, 0.2) is 24.3 Å². The molecule has 0 spiro atoms. The molecule has 0 bridgehead atoms. The molecule has 0 unspecified atom stereocenters. The van der Waals surface area contributed by atoms with Crippen LogP contribution in [-0.4, -0.2) is 30.2 Å². The molecule has 0 aliphatic carbocycles. The monoisotopic (exact) mass is 312 g/mol. The van der Waals surface area contributed by atoms with Crippen LogP contribution in [0.25, 0.3) is 0 Å². The van der Waals surface area contributed by atoms with E-state index in [9.17, 15) is 0 Å². The number of anilines is 3. The first-order chi connectivity index (χ1) is 11.2. The fraction of sp³-hybridized carbons (Fsp3) is 0.444. The first-order valence-corrected chi connectivity index (χ1v) is 8.18. The minimum absolute atomic E-state index is 0.780. The highest BCUT2D eigenvalue weighted by Gasteiger charge is 2.14. The highest BCUT2D eigenvalue weighted by atomic mass is 16.5. The number of nitrogens with zero attached hydrogens (tertiary/aromatic N) is 3. The molecule has 0 radical (unpaired) electrons. The lowest BCUT2D eigenvalue weighted by Crippen LogP contribution is -2.30. The molecular formula is C18H24N4O. The summed E-state index contributed by atoms with van der Waals surface area (Å²) in [6.07, 6.45) is 3.78. The molecule has 2 aromatic rings. The average molecular weight is 312 g/mol. The third-order valence-electron chi connectivity index (χ3n) is 4.12. The van der Waals surface area contributed by atoms with Crippen LogP contribution in [0.1, 0.15) is 30.7 Å². The molecule has 0 atom stereocenters. The summed E-state index contributed by atoms with van der Waals surface area (Å²) in [7, 11) is 1.68. The van der Waals surface area contributed by atoms with E-state index in [1.165, 1.54) is 24.8 Å². The Kier molecular flexibility index (Phi) is 4.65. The van der Waals surface area contributed by atoms with Crippen LogP contribution >= 0.6 is 0 Å². The van der Waals surface area contributed by atoms with Crippen LogP contribution in [0.4, 0.5) is 17.3 Å². The summed E-state index contributed by atoms with van der Waals surface area (Å²) in [6.45, 7) is 6.15. The van der Waals surface area contributed by atoms with Gasteiger partial charge < -0.3 is 15.0 Å². The number of rotatable bonds is 4. The van der Waals surface area contributed by atoms with Gasteiger partial charge in [-0.15, -0.1) is 0 Å². The van der Waals surface area contributed by atoms with Crippen molar-refractivity contribution in [3.05, 3.63) is 35.7 Å². The van der Waals surface area contributed by atoms with Gasteiger partial charge in [-0.05, 0) is 50.8 Å². The van der Waals surface area contributed by atoms with Gasteiger partial charge in [-0.3, -0.25) is 0 Å². The number of piperidine rings is 1. The Morgan fingerprint density at radius 1 is 1.04 bits per heavy atom. The molecule has 1 aromatic carbocycles. The van der Waals surface area contributed by atoms with Crippen molar-refractivity contribution in [2.45, 2.75) is 33.1 Å². The zero-order valence-electron chi connectivity index (χ0n) is 14.1. The third kappa shape index (κ3) is 3.73. The lowest BCUT2D eigenvalue weighted by atomic mass is 10.1. The summed E-state index contributed by atoms with van der Waals surface area (Å²) >= 11 is 0. The standard InChI is InChI=1S/C18H24N4O/c1-13-7-8-16(23-3)15(11-13)21-17-12-18(20-14(2)19-17)22-9-5-4-6-10-22/h7-8,11-12H,4-6,9-10H2,1-3H3,(H,19,20,21). The maximum Gasteiger partial charge on any atom is 0.142 e. The normalized spacial score (nSPS) is 14.7. The fourth-order valence-corrected chi connectivity index (χ4v) is 2.96. The Balaban J connectivity index is 1.88. The van der Waals surface area contributed by atoms with Gasteiger partial charge in [0.25, 0.3) is 0 Å². The molecule has 1 fully saturated rings. The van der Waals surface area contributed by atoms with Gasteiger partial charge in [-0.2, -0.15) is 0 Å². The highest BCUT2D eigenvalue weighted by molar-refractivity contribution is 5.66. The van der Waals surface area contributed by atoms with E-state index in [-0.39, 0.29) is 0 Å². The number of nitrogens with one attached hydrogen (secondary N) is 1. The molecule has 1 N–H and O–H groups in total. The second kappa shape index (κ2) is 6.86. The number of aryl methyl sites for hydroxylation is 2. The first-order valence-electron chi connectivity index (χ1n) is 8.18. The van der Waals surface area contributed by atoms with Crippen LogP contribution in [-0.2, 0) is 0 Å². The predicted octanol–water partition coefficient (Wildman–Crippen LogP) is 3.84. The van der Waals surface area contributed by atoms with Crippen LogP contribution in [0.2, 0.25) is 0 Å². The molecule has 1 aromatic heterocycles. The molecule has 0 saturated carbocycles. The number of hydrogen-bond donors (Lipinski definition) is 1. The molecule has 23 heavy (non-hydrogen) atoms. The van der Waals surface area contributed by atoms with Gasteiger partial charge in [0, 0.05) is 19.2 Å². The topological polar surface area (TPSA) is 50.3 Å². The van der Waals surface area contributed by atoms with E-state index < -0.39 is 0 Å². The quantitative estimate of drug-likeness (QED) is 0.929. The molecule has 3 rings (SSSR count). The predicted molar refractivity (Wildman–Crippen MR) is 93.8 cm³/mol. The Hall–Kier alpha value is -2.30. The van der Waals surface area contributed by atoms with Crippen LogP contribution in [0.3, 0.4) is 0 Å². The van der Waals surface area contributed by atoms with Gasteiger partial charge >= 0.3 is 0 Å². The van der Waals surface area contributed by atoms with Gasteiger partial charge in [-0.1, -0.05) is 6.07 Å². The second-order valence-electron chi connectivity index (χ2n) is 6.04. The van der Waals surface area contributed by atoms with Gasteiger partial charge in [0.15, 0.2) is 0 Å². The molecule has 1 saturated heterocycles. The molecule has 122 valence electrons. The van der Waals surface area contributed by atoms with Crippen molar-refractivity contribution in [2.24, 2.45) is 0 Å². The van der Waals surface area contributed by atoms with E-state index in [0.717, 1.165) is 42.0 Å². The molecule has 5 heteroatoms. The first kappa shape index (κ1) is 15.6. The molecule has 2 heterocycles. The van der Waals surface area contributed by atoms with Gasteiger partial charge in [0.1, 0.15) is 23.2 Å². The minimum atomic E-state index is 0.780. The summed E-state index contributed by atoms with van der Waals surface area (Å²) in [5.41, 5.74) is 2.10. The molecular weight excluding hydrogens is 288 g/mol.